The van der Waals surface area contributed by atoms with Crippen LogP contribution in [0.1, 0.15) is 44.7 Å². The standard InChI is InChI=1S/C13H21N3O2/c1-13(2,3)9(18-4)11-15-10-8(12(17)16-11)6-5-7-14-10/h9H,5-7H2,1-4H3,(H2,14,15,16,17). The van der Waals surface area contributed by atoms with E-state index in [1.165, 1.54) is 0 Å². The molecule has 0 radical (unpaired) electrons. The van der Waals surface area contributed by atoms with Crippen molar-refractivity contribution in [1.82, 2.24) is 9.97 Å². The number of H-pyrrole nitrogens is 1. The van der Waals surface area contributed by atoms with Crippen LogP contribution in [0.2, 0.25) is 0 Å². The van der Waals surface area contributed by atoms with Gasteiger partial charge in [0.2, 0.25) is 0 Å². The second-order valence-electron chi connectivity index (χ2n) is 5.79. The number of fused-ring (bicyclic) bond motifs is 1. The maximum Gasteiger partial charge on any atom is 0.256 e. The van der Waals surface area contributed by atoms with Crippen molar-refractivity contribution in [2.24, 2.45) is 5.41 Å². The van der Waals surface area contributed by atoms with Crippen molar-refractivity contribution in [2.45, 2.75) is 39.7 Å². The third-order valence-corrected chi connectivity index (χ3v) is 3.20. The smallest absolute Gasteiger partial charge is 0.256 e. The van der Waals surface area contributed by atoms with E-state index < -0.39 is 0 Å². The van der Waals surface area contributed by atoms with E-state index >= 15 is 0 Å². The molecule has 100 valence electrons. The van der Waals surface area contributed by atoms with Crippen LogP contribution >= 0.6 is 0 Å². The first-order chi connectivity index (χ1) is 8.43. The highest BCUT2D eigenvalue weighted by Crippen LogP contribution is 2.34. The molecule has 1 aliphatic rings. The first-order valence-corrected chi connectivity index (χ1v) is 6.33. The third kappa shape index (κ3) is 2.41. The molecule has 5 nitrogen and oxygen atoms in total. The number of aromatic amines is 1. The first-order valence-electron chi connectivity index (χ1n) is 6.33. The van der Waals surface area contributed by atoms with E-state index in [2.05, 4.69) is 36.1 Å². The summed E-state index contributed by atoms with van der Waals surface area (Å²) in [5.74, 6) is 1.31. The summed E-state index contributed by atoms with van der Waals surface area (Å²) < 4.78 is 5.49. The summed E-state index contributed by atoms with van der Waals surface area (Å²) in [4.78, 5) is 19.4. The van der Waals surface area contributed by atoms with Crippen molar-refractivity contribution in [2.75, 3.05) is 19.0 Å². The fourth-order valence-corrected chi connectivity index (χ4v) is 2.36. The molecule has 1 unspecified atom stereocenters. The minimum absolute atomic E-state index is 0.0477. The van der Waals surface area contributed by atoms with E-state index in [-0.39, 0.29) is 17.1 Å². The van der Waals surface area contributed by atoms with Gasteiger partial charge in [-0.2, -0.15) is 0 Å². The fraction of sp³-hybridized carbons (Fsp3) is 0.692. The Morgan fingerprint density at radius 3 is 2.72 bits per heavy atom. The second-order valence-corrected chi connectivity index (χ2v) is 5.79. The number of nitrogens with zero attached hydrogens (tertiary/aromatic N) is 1. The van der Waals surface area contributed by atoms with Crippen molar-refractivity contribution in [1.29, 1.82) is 0 Å². The van der Waals surface area contributed by atoms with Gasteiger partial charge in [0.1, 0.15) is 17.7 Å². The average molecular weight is 251 g/mol. The maximum atomic E-state index is 12.0. The van der Waals surface area contributed by atoms with Crippen molar-refractivity contribution >= 4 is 5.82 Å². The molecule has 0 bridgehead atoms. The fourth-order valence-electron chi connectivity index (χ4n) is 2.36. The average Bonchev–Trinajstić information content (AvgIpc) is 2.28. The SMILES string of the molecule is COC(c1nc2c(c(=O)[nH]1)CCCN2)C(C)(C)C. The summed E-state index contributed by atoms with van der Waals surface area (Å²) in [5.41, 5.74) is 0.593. The Kier molecular flexibility index (Phi) is 3.43. The summed E-state index contributed by atoms with van der Waals surface area (Å²) in [6, 6.07) is 0. The molecule has 1 atom stereocenters. The Morgan fingerprint density at radius 2 is 2.11 bits per heavy atom. The van der Waals surface area contributed by atoms with Gasteiger partial charge in [0.05, 0.1) is 5.56 Å². The molecule has 18 heavy (non-hydrogen) atoms. The Hall–Kier alpha value is -1.36. The quantitative estimate of drug-likeness (QED) is 0.842. The van der Waals surface area contributed by atoms with Gasteiger partial charge < -0.3 is 15.0 Å². The minimum atomic E-state index is -0.223. The molecule has 2 rings (SSSR count). The first kappa shape index (κ1) is 13.1. The largest absolute Gasteiger partial charge is 0.373 e. The lowest BCUT2D eigenvalue weighted by Crippen LogP contribution is -2.29. The van der Waals surface area contributed by atoms with E-state index in [9.17, 15) is 4.79 Å². The van der Waals surface area contributed by atoms with Gasteiger partial charge in [0.25, 0.3) is 5.56 Å². The Bertz CT molecular complexity index is 488. The summed E-state index contributed by atoms with van der Waals surface area (Å²) in [5, 5.41) is 3.19. The maximum absolute atomic E-state index is 12.0. The number of nitrogens with one attached hydrogen (secondary N) is 2. The molecule has 5 heteroatoms. The Balaban J connectivity index is 2.46. The van der Waals surface area contributed by atoms with Crippen molar-refractivity contribution in [3.8, 4) is 0 Å². The molecule has 0 spiro atoms. The van der Waals surface area contributed by atoms with Gasteiger partial charge in [-0.1, -0.05) is 20.8 Å². The molecule has 0 saturated carbocycles. The summed E-state index contributed by atoms with van der Waals surface area (Å²) in [6.07, 6.45) is 1.54. The minimum Gasteiger partial charge on any atom is -0.373 e. The molecule has 2 N–H and O–H groups in total. The van der Waals surface area contributed by atoms with Crippen LogP contribution in [0.25, 0.3) is 0 Å². The van der Waals surface area contributed by atoms with E-state index in [4.69, 9.17) is 4.74 Å². The van der Waals surface area contributed by atoms with Crippen LogP contribution in [-0.4, -0.2) is 23.6 Å². The topological polar surface area (TPSA) is 67.0 Å². The van der Waals surface area contributed by atoms with Gasteiger partial charge >= 0.3 is 0 Å². The van der Waals surface area contributed by atoms with Gasteiger partial charge in [-0.15, -0.1) is 0 Å². The zero-order valence-electron chi connectivity index (χ0n) is 11.5. The number of methoxy groups -OCH3 is 1. The molecule has 0 aromatic carbocycles. The Labute approximate surface area is 107 Å². The summed E-state index contributed by atoms with van der Waals surface area (Å²) in [7, 11) is 1.64. The summed E-state index contributed by atoms with van der Waals surface area (Å²) >= 11 is 0. The highest BCUT2D eigenvalue weighted by atomic mass is 16.5. The predicted octanol–water partition coefficient (Wildman–Crippen LogP) is 1.86. The lowest BCUT2D eigenvalue weighted by Gasteiger charge is -2.29. The van der Waals surface area contributed by atoms with Gasteiger partial charge in [0.15, 0.2) is 0 Å². The van der Waals surface area contributed by atoms with Gasteiger partial charge in [0, 0.05) is 13.7 Å². The van der Waals surface area contributed by atoms with Crippen molar-refractivity contribution < 1.29 is 4.74 Å². The highest BCUT2D eigenvalue weighted by Gasteiger charge is 2.29. The van der Waals surface area contributed by atoms with Crippen LogP contribution in [0.5, 0.6) is 0 Å². The van der Waals surface area contributed by atoms with Crippen molar-refractivity contribution in [3.05, 3.63) is 21.7 Å². The van der Waals surface area contributed by atoms with E-state index in [0.29, 0.717) is 11.6 Å². The van der Waals surface area contributed by atoms with Crippen LogP contribution in [0, 0.1) is 5.41 Å². The zero-order chi connectivity index (χ0) is 13.3. The lowest BCUT2D eigenvalue weighted by atomic mass is 9.88. The number of anilines is 1. The molecule has 2 heterocycles. The monoisotopic (exact) mass is 251 g/mol. The Morgan fingerprint density at radius 1 is 1.39 bits per heavy atom. The zero-order valence-corrected chi connectivity index (χ0v) is 11.5. The molecular formula is C13H21N3O2. The van der Waals surface area contributed by atoms with Crippen LogP contribution in [-0.2, 0) is 11.2 Å². The number of hydrogen-bond acceptors (Lipinski definition) is 4. The lowest BCUT2D eigenvalue weighted by molar-refractivity contribution is 0.00854. The van der Waals surface area contributed by atoms with Gasteiger partial charge in [-0.3, -0.25) is 4.79 Å². The third-order valence-electron chi connectivity index (χ3n) is 3.20. The molecule has 0 fully saturated rings. The second kappa shape index (κ2) is 4.72. The normalized spacial score (nSPS) is 16.9. The molecular weight excluding hydrogens is 230 g/mol. The molecule has 1 aromatic heterocycles. The molecule has 0 saturated heterocycles. The molecule has 0 aliphatic carbocycles. The van der Waals surface area contributed by atoms with E-state index in [1.807, 2.05) is 0 Å². The number of aromatic nitrogens is 2. The van der Waals surface area contributed by atoms with Crippen LogP contribution in [0.3, 0.4) is 0 Å². The van der Waals surface area contributed by atoms with Gasteiger partial charge in [-0.05, 0) is 18.3 Å². The number of rotatable bonds is 2. The van der Waals surface area contributed by atoms with Gasteiger partial charge in [-0.25, -0.2) is 4.98 Å². The number of ether oxygens (including phenoxy) is 1. The predicted molar refractivity (Wildman–Crippen MR) is 70.9 cm³/mol. The molecule has 0 amide bonds. The highest BCUT2D eigenvalue weighted by molar-refractivity contribution is 5.45. The van der Waals surface area contributed by atoms with Crippen molar-refractivity contribution in [3.63, 3.8) is 0 Å². The number of hydrogen-bond donors (Lipinski definition) is 2. The van der Waals surface area contributed by atoms with E-state index in [0.717, 1.165) is 24.9 Å². The molecule has 1 aliphatic heterocycles. The molecule has 1 aromatic rings. The van der Waals surface area contributed by atoms with Crippen LogP contribution in [0.4, 0.5) is 5.82 Å². The van der Waals surface area contributed by atoms with E-state index in [1.54, 1.807) is 7.11 Å². The summed E-state index contributed by atoms with van der Waals surface area (Å²) in [6.45, 7) is 7.06. The van der Waals surface area contributed by atoms with Crippen LogP contribution in [0.15, 0.2) is 4.79 Å². The van der Waals surface area contributed by atoms with Crippen LogP contribution < -0.4 is 10.9 Å².